The number of carbonyl (C=O) groups excluding carboxylic acids is 3. The van der Waals surface area contributed by atoms with E-state index in [9.17, 15) is 14.4 Å². The summed E-state index contributed by atoms with van der Waals surface area (Å²) in [6.45, 7) is 2.18. The van der Waals surface area contributed by atoms with E-state index in [0.717, 1.165) is 20.5 Å². The maximum Gasteiger partial charge on any atom is 0.335 e. The predicted molar refractivity (Wildman–Crippen MR) is 141 cm³/mol. The molecule has 0 bridgehead atoms. The van der Waals surface area contributed by atoms with Gasteiger partial charge in [-0.1, -0.05) is 64.8 Å². The molecule has 9 heteroatoms. The molecular formula is C27H22BrClN2O5. The average molecular weight is 570 g/mol. The number of nitrogens with zero attached hydrogens (tertiary/aromatic N) is 1. The maximum atomic E-state index is 13.3. The number of urea groups is 1. The van der Waals surface area contributed by atoms with Crippen LogP contribution in [0.4, 0.5) is 10.5 Å². The molecule has 0 aliphatic carbocycles. The van der Waals surface area contributed by atoms with E-state index in [1.165, 1.54) is 13.2 Å². The standard InChI is InChI=1S/C27H22BrClN2O5/c1-3-18-6-4-5-7-22(18)31-26(33)20(25(32)30-27(31)34)12-17-13-21(29)24(23(14-17)35-2)36-15-16-8-10-19(28)11-9-16/h4-14H,3,15H2,1-2H3,(H,30,32,34)/b20-12-. The van der Waals surface area contributed by atoms with Crippen LogP contribution in [0.3, 0.4) is 0 Å². The van der Waals surface area contributed by atoms with Gasteiger partial charge < -0.3 is 9.47 Å². The normalized spacial score (nSPS) is 14.7. The minimum absolute atomic E-state index is 0.206. The quantitative estimate of drug-likeness (QED) is 0.282. The second kappa shape index (κ2) is 11.0. The number of benzene rings is 3. The van der Waals surface area contributed by atoms with Crippen molar-refractivity contribution in [1.29, 1.82) is 0 Å². The minimum Gasteiger partial charge on any atom is -0.493 e. The third-order valence-corrected chi connectivity index (χ3v) is 6.38. The number of nitrogens with one attached hydrogen (secondary N) is 1. The molecule has 7 nitrogen and oxygen atoms in total. The Bertz CT molecular complexity index is 1370. The summed E-state index contributed by atoms with van der Waals surface area (Å²) in [6, 6.07) is 17.1. The summed E-state index contributed by atoms with van der Waals surface area (Å²) in [6.07, 6.45) is 1.98. The molecule has 1 fully saturated rings. The van der Waals surface area contributed by atoms with Gasteiger partial charge in [0, 0.05) is 4.47 Å². The molecule has 1 heterocycles. The molecule has 0 radical (unpaired) electrons. The highest BCUT2D eigenvalue weighted by molar-refractivity contribution is 9.10. The Kier molecular flexibility index (Phi) is 7.76. The summed E-state index contributed by atoms with van der Waals surface area (Å²) in [5.41, 5.74) is 2.38. The lowest BCUT2D eigenvalue weighted by molar-refractivity contribution is -0.122. The van der Waals surface area contributed by atoms with Gasteiger partial charge in [-0.3, -0.25) is 14.9 Å². The second-order valence-electron chi connectivity index (χ2n) is 7.89. The summed E-state index contributed by atoms with van der Waals surface area (Å²) < 4.78 is 12.3. The van der Waals surface area contributed by atoms with E-state index in [-0.39, 0.29) is 17.2 Å². The number of carbonyl (C=O) groups is 3. The van der Waals surface area contributed by atoms with Crippen LogP contribution in [-0.4, -0.2) is 25.0 Å². The van der Waals surface area contributed by atoms with Gasteiger partial charge in [-0.25, -0.2) is 9.69 Å². The smallest absolute Gasteiger partial charge is 0.335 e. The highest BCUT2D eigenvalue weighted by Crippen LogP contribution is 2.38. The van der Waals surface area contributed by atoms with Crippen molar-refractivity contribution in [1.82, 2.24) is 5.32 Å². The molecule has 0 spiro atoms. The van der Waals surface area contributed by atoms with Crippen LogP contribution in [0.15, 0.2) is 70.7 Å². The molecule has 0 aromatic heterocycles. The molecule has 0 saturated carbocycles. The molecule has 36 heavy (non-hydrogen) atoms. The van der Waals surface area contributed by atoms with Crippen LogP contribution in [0.5, 0.6) is 11.5 Å². The van der Waals surface area contributed by atoms with Crippen LogP contribution >= 0.6 is 27.5 Å². The van der Waals surface area contributed by atoms with Crippen LogP contribution < -0.4 is 19.7 Å². The van der Waals surface area contributed by atoms with E-state index in [1.54, 1.807) is 24.3 Å². The van der Waals surface area contributed by atoms with Gasteiger partial charge in [0.15, 0.2) is 11.5 Å². The molecule has 184 valence electrons. The molecule has 3 aromatic carbocycles. The fourth-order valence-electron chi connectivity index (χ4n) is 3.77. The monoisotopic (exact) mass is 568 g/mol. The fraction of sp³-hybridized carbons (Fsp3) is 0.148. The number of hydrogen-bond acceptors (Lipinski definition) is 5. The zero-order chi connectivity index (χ0) is 25.8. The number of para-hydroxylation sites is 1. The van der Waals surface area contributed by atoms with E-state index in [1.807, 2.05) is 43.3 Å². The summed E-state index contributed by atoms with van der Waals surface area (Å²) >= 11 is 9.89. The number of imide groups is 2. The SMILES string of the molecule is CCc1ccccc1N1C(=O)NC(=O)/C(=C/c2cc(Cl)c(OCc3ccc(Br)cc3)c(OC)c2)C1=O. The number of barbiturate groups is 1. The van der Waals surface area contributed by atoms with Gasteiger partial charge in [0.1, 0.15) is 12.2 Å². The van der Waals surface area contributed by atoms with Crippen LogP contribution in [0.25, 0.3) is 6.08 Å². The van der Waals surface area contributed by atoms with Crippen molar-refractivity contribution in [3.05, 3.63) is 92.4 Å². The molecule has 0 unspecified atom stereocenters. The second-order valence-corrected chi connectivity index (χ2v) is 9.21. The Hall–Kier alpha value is -3.62. The molecule has 4 amide bonds. The van der Waals surface area contributed by atoms with E-state index in [4.69, 9.17) is 21.1 Å². The van der Waals surface area contributed by atoms with E-state index < -0.39 is 17.8 Å². The molecule has 4 rings (SSSR count). The minimum atomic E-state index is -0.796. The first-order valence-corrected chi connectivity index (χ1v) is 12.2. The Morgan fingerprint density at radius 1 is 1.06 bits per heavy atom. The Morgan fingerprint density at radius 3 is 2.47 bits per heavy atom. The van der Waals surface area contributed by atoms with Gasteiger partial charge >= 0.3 is 6.03 Å². The Labute approximate surface area is 221 Å². The van der Waals surface area contributed by atoms with Crippen LogP contribution in [-0.2, 0) is 22.6 Å². The molecule has 1 aliphatic heterocycles. The van der Waals surface area contributed by atoms with Crippen LogP contribution in [0.2, 0.25) is 5.02 Å². The molecular weight excluding hydrogens is 548 g/mol. The molecule has 0 atom stereocenters. The van der Waals surface area contributed by atoms with E-state index in [2.05, 4.69) is 21.2 Å². The number of rotatable bonds is 7. The summed E-state index contributed by atoms with van der Waals surface area (Å²) in [7, 11) is 1.47. The van der Waals surface area contributed by atoms with Gasteiger partial charge in [-0.05, 0) is 59.5 Å². The van der Waals surface area contributed by atoms with Gasteiger partial charge in [0.25, 0.3) is 11.8 Å². The van der Waals surface area contributed by atoms with Gasteiger partial charge in [-0.15, -0.1) is 0 Å². The average Bonchev–Trinajstić information content (AvgIpc) is 2.86. The van der Waals surface area contributed by atoms with Crippen molar-refractivity contribution >= 4 is 57.1 Å². The van der Waals surface area contributed by atoms with Crippen molar-refractivity contribution in [2.45, 2.75) is 20.0 Å². The van der Waals surface area contributed by atoms with E-state index in [0.29, 0.717) is 29.2 Å². The van der Waals surface area contributed by atoms with Gasteiger partial charge in [-0.2, -0.15) is 0 Å². The van der Waals surface area contributed by atoms with Gasteiger partial charge in [0.05, 0.1) is 17.8 Å². The van der Waals surface area contributed by atoms with E-state index >= 15 is 0 Å². The van der Waals surface area contributed by atoms with Gasteiger partial charge in [0.2, 0.25) is 0 Å². The largest absolute Gasteiger partial charge is 0.493 e. The summed E-state index contributed by atoms with van der Waals surface area (Å²) in [5, 5.41) is 2.49. The molecule has 1 N–H and O–H groups in total. The zero-order valence-corrected chi connectivity index (χ0v) is 21.9. The summed E-state index contributed by atoms with van der Waals surface area (Å²) in [5.74, 6) is -0.854. The Morgan fingerprint density at radius 2 is 1.78 bits per heavy atom. The number of ether oxygens (including phenoxy) is 2. The topological polar surface area (TPSA) is 84.9 Å². The molecule has 1 saturated heterocycles. The fourth-order valence-corrected chi connectivity index (χ4v) is 4.31. The lowest BCUT2D eigenvalue weighted by atomic mass is 10.0. The lowest BCUT2D eigenvalue weighted by Crippen LogP contribution is -2.54. The van der Waals surface area contributed by atoms with Crippen molar-refractivity contribution in [3.8, 4) is 11.5 Å². The first kappa shape index (κ1) is 25.5. The van der Waals surface area contributed by atoms with Crippen molar-refractivity contribution in [2.75, 3.05) is 12.0 Å². The highest BCUT2D eigenvalue weighted by Gasteiger charge is 2.37. The molecule has 1 aliphatic rings. The number of amides is 4. The molecule has 3 aromatic rings. The number of halogens is 2. The highest BCUT2D eigenvalue weighted by atomic mass is 79.9. The van der Waals surface area contributed by atoms with Crippen LogP contribution in [0.1, 0.15) is 23.6 Å². The maximum absolute atomic E-state index is 13.3. The number of anilines is 1. The number of hydrogen-bond donors (Lipinski definition) is 1. The first-order chi connectivity index (χ1) is 17.3. The van der Waals surface area contributed by atoms with Crippen molar-refractivity contribution < 1.29 is 23.9 Å². The number of methoxy groups -OCH3 is 1. The number of aryl methyl sites for hydroxylation is 1. The predicted octanol–water partition coefficient (Wildman–Crippen LogP) is 5.92. The van der Waals surface area contributed by atoms with Crippen LogP contribution in [0, 0.1) is 0 Å². The third kappa shape index (κ3) is 5.29. The van der Waals surface area contributed by atoms with Crippen molar-refractivity contribution in [2.24, 2.45) is 0 Å². The third-order valence-electron chi connectivity index (χ3n) is 5.57. The zero-order valence-electron chi connectivity index (χ0n) is 19.5. The van der Waals surface area contributed by atoms with Crippen molar-refractivity contribution in [3.63, 3.8) is 0 Å². The summed E-state index contributed by atoms with van der Waals surface area (Å²) in [4.78, 5) is 39.4. The lowest BCUT2D eigenvalue weighted by Gasteiger charge is -2.28. The first-order valence-electron chi connectivity index (χ1n) is 11.1. The Balaban J connectivity index is 1.65.